The average molecular weight is 256 g/mol. The minimum atomic E-state index is -3.32. The molecule has 0 radical (unpaired) electrons. The van der Waals surface area contributed by atoms with Gasteiger partial charge in [-0.15, -0.1) is 0 Å². The van der Waals surface area contributed by atoms with Crippen LogP contribution >= 0.6 is 0 Å². The Kier molecular flexibility index (Phi) is 4.62. The fraction of sp³-hybridized carbons (Fsp3) is 0.455. The minimum Gasteiger partial charge on any atom is -0.355 e. The van der Waals surface area contributed by atoms with Gasteiger partial charge in [0.15, 0.2) is 9.84 Å². The molecule has 1 unspecified atom stereocenters. The lowest BCUT2D eigenvalue weighted by atomic mass is 10.2. The first-order chi connectivity index (χ1) is 7.91. The van der Waals surface area contributed by atoms with E-state index in [2.05, 4.69) is 10.3 Å². The number of pyridine rings is 1. The number of rotatable bonds is 5. The highest BCUT2D eigenvalue weighted by Gasteiger charge is 2.22. The molecule has 94 valence electrons. The van der Waals surface area contributed by atoms with Crippen molar-refractivity contribution in [3.8, 4) is 0 Å². The standard InChI is InChI=1S/C11H16N2O3S/c1-9(17(2,15)16)11(14)13-7-5-10-4-3-6-12-8-10/h3-4,6,8-9H,5,7H2,1-2H3,(H,13,14). The maximum Gasteiger partial charge on any atom is 0.238 e. The predicted octanol–water partition coefficient (Wildman–Crippen LogP) is 0.173. The molecular weight excluding hydrogens is 240 g/mol. The van der Waals surface area contributed by atoms with Crippen LogP contribution in [0.25, 0.3) is 0 Å². The maximum absolute atomic E-state index is 11.5. The van der Waals surface area contributed by atoms with Crippen molar-refractivity contribution in [1.29, 1.82) is 0 Å². The third-order valence-corrected chi connectivity index (χ3v) is 3.95. The highest BCUT2D eigenvalue weighted by atomic mass is 32.2. The van der Waals surface area contributed by atoms with Gasteiger partial charge in [0.25, 0.3) is 0 Å². The van der Waals surface area contributed by atoms with Gasteiger partial charge in [0.1, 0.15) is 5.25 Å². The number of sulfone groups is 1. The van der Waals surface area contributed by atoms with E-state index in [1.807, 2.05) is 12.1 Å². The predicted molar refractivity (Wildman–Crippen MR) is 65.3 cm³/mol. The Morgan fingerprint density at radius 3 is 2.76 bits per heavy atom. The molecule has 6 heteroatoms. The summed E-state index contributed by atoms with van der Waals surface area (Å²) in [5, 5.41) is 1.59. The van der Waals surface area contributed by atoms with Crippen LogP contribution in [-0.2, 0) is 21.1 Å². The zero-order chi connectivity index (χ0) is 12.9. The number of amides is 1. The first-order valence-corrected chi connectivity index (χ1v) is 7.22. The second kappa shape index (κ2) is 5.77. The Balaban J connectivity index is 2.40. The summed E-state index contributed by atoms with van der Waals surface area (Å²) in [4.78, 5) is 15.4. The summed E-state index contributed by atoms with van der Waals surface area (Å²) >= 11 is 0. The molecule has 1 aromatic rings. The van der Waals surface area contributed by atoms with Crippen LogP contribution in [0.3, 0.4) is 0 Å². The van der Waals surface area contributed by atoms with Gasteiger partial charge in [-0.05, 0) is 25.0 Å². The Hall–Kier alpha value is -1.43. The molecule has 1 atom stereocenters. The Labute approximate surface area is 101 Å². The topological polar surface area (TPSA) is 76.1 Å². The molecule has 1 aromatic heterocycles. The van der Waals surface area contributed by atoms with E-state index in [0.29, 0.717) is 13.0 Å². The van der Waals surface area contributed by atoms with E-state index in [0.717, 1.165) is 11.8 Å². The molecule has 0 aliphatic rings. The summed E-state index contributed by atoms with van der Waals surface area (Å²) < 4.78 is 22.3. The van der Waals surface area contributed by atoms with Crippen LogP contribution in [0.4, 0.5) is 0 Å². The van der Waals surface area contributed by atoms with E-state index in [-0.39, 0.29) is 0 Å². The number of hydrogen-bond donors (Lipinski definition) is 1. The molecule has 0 aliphatic carbocycles. The van der Waals surface area contributed by atoms with Gasteiger partial charge in [-0.2, -0.15) is 0 Å². The van der Waals surface area contributed by atoms with E-state index >= 15 is 0 Å². The molecule has 1 rings (SSSR count). The smallest absolute Gasteiger partial charge is 0.238 e. The highest BCUT2D eigenvalue weighted by molar-refractivity contribution is 7.92. The van der Waals surface area contributed by atoms with Crippen LogP contribution < -0.4 is 5.32 Å². The van der Waals surface area contributed by atoms with Gasteiger partial charge in [0.05, 0.1) is 0 Å². The lowest BCUT2D eigenvalue weighted by Crippen LogP contribution is -2.38. The lowest BCUT2D eigenvalue weighted by Gasteiger charge is -2.10. The number of aromatic nitrogens is 1. The largest absolute Gasteiger partial charge is 0.355 e. The summed E-state index contributed by atoms with van der Waals surface area (Å²) in [6.07, 6.45) is 5.08. The molecule has 5 nitrogen and oxygen atoms in total. The van der Waals surface area contributed by atoms with Gasteiger partial charge in [-0.3, -0.25) is 9.78 Å². The van der Waals surface area contributed by atoms with Gasteiger partial charge < -0.3 is 5.32 Å². The van der Waals surface area contributed by atoms with Crippen LogP contribution in [0, 0.1) is 0 Å². The Bertz CT molecular complexity index is 471. The van der Waals surface area contributed by atoms with Crippen LogP contribution in [0.5, 0.6) is 0 Å². The van der Waals surface area contributed by atoms with Gasteiger partial charge in [0, 0.05) is 25.2 Å². The third-order valence-electron chi connectivity index (χ3n) is 2.45. The SMILES string of the molecule is CC(C(=O)NCCc1cccnc1)S(C)(=O)=O. The van der Waals surface area contributed by atoms with Crippen molar-refractivity contribution >= 4 is 15.7 Å². The fourth-order valence-corrected chi connectivity index (χ4v) is 1.69. The van der Waals surface area contributed by atoms with Gasteiger partial charge in [-0.25, -0.2) is 8.42 Å². The number of carbonyl (C=O) groups excluding carboxylic acids is 1. The van der Waals surface area contributed by atoms with Crippen molar-refractivity contribution in [3.05, 3.63) is 30.1 Å². The summed E-state index contributed by atoms with van der Waals surface area (Å²) in [5.41, 5.74) is 1.000. The van der Waals surface area contributed by atoms with E-state index < -0.39 is 21.0 Å². The van der Waals surface area contributed by atoms with Crippen molar-refractivity contribution in [3.63, 3.8) is 0 Å². The summed E-state index contributed by atoms with van der Waals surface area (Å²) in [7, 11) is -3.32. The molecule has 0 fully saturated rings. The van der Waals surface area contributed by atoms with Crippen molar-refractivity contribution < 1.29 is 13.2 Å². The maximum atomic E-state index is 11.5. The molecule has 0 bridgehead atoms. The van der Waals surface area contributed by atoms with Crippen molar-refractivity contribution in [2.45, 2.75) is 18.6 Å². The molecular formula is C11H16N2O3S. The monoisotopic (exact) mass is 256 g/mol. The quantitative estimate of drug-likeness (QED) is 0.815. The van der Waals surface area contributed by atoms with Crippen LogP contribution in [0.15, 0.2) is 24.5 Å². The first-order valence-electron chi connectivity index (χ1n) is 5.26. The lowest BCUT2D eigenvalue weighted by molar-refractivity contribution is -0.120. The molecule has 0 spiro atoms. The van der Waals surface area contributed by atoms with E-state index in [1.165, 1.54) is 6.92 Å². The second-order valence-electron chi connectivity index (χ2n) is 3.87. The summed E-state index contributed by atoms with van der Waals surface area (Å²) in [6.45, 7) is 1.79. The number of nitrogens with one attached hydrogen (secondary N) is 1. The first kappa shape index (κ1) is 13.6. The van der Waals surface area contributed by atoms with E-state index in [9.17, 15) is 13.2 Å². The van der Waals surface area contributed by atoms with Crippen molar-refractivity contribution in [2.75, 3.05) is 12.8 Å². The van der Waals surface area contributed by atoms with E-state index in [4.69, 9.17) is 0 Å². The molecule has 1 amide bonds. The molecule has 17 heavy (non-hydrogen) atoms. The van der Waals surface area contributed by atoms with Crippen molar-refractivity contribution in [2.24, 2.45) is 0 Å². The van der Waals surface area contributed by atoms with Gasteiger partial charge in [0.2, 0.25) is 5.91 Å². The fourth-order valence-electron chi connectivity index (χ4n) is 1.21. The molecule has 0 saturated heterocycles. The molecule has 1 N–H and O–H groups in total. The zero-order valence-corrected chi connectivity index (χ0v) is 10.7. The number of hydrogen-bond acceptors (Lipinski definition) is 4. The van der Waals surface area contributed by atoms with Gasteiger partial charge in [-0.1, -0.05) is 6.07 Å². The van der Waals surface area contributed by atoms with E-state index in [1.54, 1.807) is 12.4 Å². The molecule has 1 heterocycles. The third kappa shape index (κ3) is 4.52. The highest BCUT2D eigenvalue weighted by Crippen LogP contribution is 1.99. The van der Waals surface area contributed by atoms with Crippen LogP contribution in [0.1, 0.15) is 12.5 Å². The van der Waals surface area contributed by atoms with Crippen LogP contribution in [0.2, 0.25) is 0 Å². The Morgan fingerprint density at radius 2 is 2.24 bits per heavy atom. The Morgan fingerprint density at radius 1 is 1.53 bits per heavy atom. The zero-order valence-electron chi connectivity index (χ0n) is 9.88. The number of nitrogens with zero attached hydrogens (tertiary/aromatic N) is 1. The minimum absolute atomic E-state index is 0.407. The van der Waals surface area contributed by atoms with Crippen molar-refractivity contribution in [1.82, 2.24) is 10.3 Å². The summed E-state index contributed by atoms with van der Waals surface area (Å²) in [6, 6.07) is 3.72. The average Bonchev–Trinajstić information content (AvgIpc) is 2.28. The van der Waals surface area contributed by atoms with Crippen LogP contribution in [-0.4, -0.2) is 37.4 Å². The molecule has 0 saturated carbocycles. The second-order valence-corrected chi connectivity index (χ2v) is 6.24. The normalized spacial score (nSPS) is 13.1. The van der Waals surface area contributed by atoms with Gasteiger partial charge >= 0.3 is 0 Å². The molecule has 0 aromatic carbocycles. The molecule has 0 aliphatic heterocycles. The number of carbonyl (C=O) groups is 1. The summed E-state index contributed by atoms with van der Waals surface area (Å²) in [5.74, 6) is -0.462.